The molecule has 1 amide bonds. The Hall–Kier alpha value is -2.67. The van der Waals surface area contributed by atoms with E-state index in [1.165, 1.54) is 24.0 Å². The predicted molar refractivity (Wildman–Crippen MR) is 122 cm³/mol. The summed E-state index contributed by atoms with van der Waals surface area (Å²) in [6.07, 6.45) is 4.68. The summed E-state index contributed by atoms with van der Waals surface area (Å²) in [4.78, 5) is 19.0. The molecule has 1 atom stereocenters. The van der Waals surface area contributed by atoms with Gasteiger partial charge in [-0.05, 0) is 67.5 Å². The Labute approximate surface area is 190 Å². The Morgan fingerprint density at radius 1 is 1.19 bits per heavy atom. The summed E-state index contributed by atoms with van der Waals surface area (Å²) in [6.45, 7) is 2.18. The number of ether oxygens (including phenoxy) is 1. The van der Waals surface area contributed by atoms with Gasteiger partial charge in [0.05, 0.1) is 6.54 Å². The van der Waals surface area contributed by atoms with Crippen molar-refractivity contribution in [3.05, 3.63) is 64.0 Å². The van der Waals surface area contributed by atoms with E-state index in [1.807, 2.05) is 37.3 Å². The van der Waals surface area contributed by atoms with E-state index in [9.17, 15) is 4.79 Å². The quantitative estimate of drug-likeness (QED) is 0.462. The van der Waals surface area contributed by atoms with Gasteiger partial charge in [-0.15, -0.1) is 0 Å². The van der Waals surface area contributed by atoms with E-state index in [0.717, 1.165) is 28.6 Å². The van der Waals surface area contributed by atoms with Crippen LogP contribution in [0.4, 0.5) is 0 Å². The van der Waals surface area contributed by atoms with Gasteiger partial charge in [-0.25, -0.2) is 0 Å². The fourth-order valence-corrected chi connectivity index (χ4v) is 4.25. The van der Waals surface area contributed by atoms with Crippen LogP contribution >= 0.6 is 15.9 Å². The van der Waals surface area contributed by atoms with E-state index >= 15 is 0 Å². The Morgan fingerprint density at radius 2 is 2.00 bits per heavy atom. The second-order valence-corrected chi connectivity index (χ2v) is 8.78. The lowest BCUT2D eigenvalue weighted by molar-refractivity contribution is -0.138. The number of aryl methyl sites for hydroxylation is 2. The predicted octanol–water partition coefficient (Wildman–Crippen LogP) is 5.19. The van der Waals surface area contributed by atoms with Gasteiger partial charge in [0.2, 0.25) is 11.7 Å². The van der Waals surface area contributed by atoms with Crippen LogP contribution in [0.25, 0.3) is 11.4 Å². The highest BCUT2D eigenvalue weighted by Gasteiger charge is 2.24. The summed E-state index contributed by atoms with van der Waals surface area (Å²) < 4.78 is 12.4. The summed E-state index contributed by atoms with van der Waals surface area (Å²) >= 11 is 3.44. The van der Waals surface area contributed by atoms with Gasteiger partial charge in [0.15, 0.2) is 6.10 Å². The number of halogens is 1. The molecule has 0 spiro atoms. The van der Waals surface area contributed by atoms with Crippen molar-refractivity contribution >= 4 is 21.8 Å². The van der Waals surface area contributed by atoms with Crippen molar-refractivity contribution in [3.63, 3.8) is 0 Å². The standard InChI is InChI=1S/C24H26BrN3O3/c1-3-21(30-20-12-11-16-7-4-5-8-17(16)14-20)24(29)28(2)15-22-26-23(27-31-22)18-9-6-10-19(25)13-18/h6,9-14,21H,3-5,7-8,15H2,1-2H3. The molecule has 31 heavy (non-hydrogen) atoms. The number of rotatable bonds is 7. The van der Waals surface area contributed by atoms with Crippen LogP contribution in [0.5, 0.6) is 5.75 Å². The maximum absolute atomic E-state index is 13.0. The van der Waals surface area contributed by atoms with Crippen LogP contribution in [0.15, 0.2) is 51.5 Å². The molecule has 1 aliphatic rings. The highest BCUT2D eigenvalue weighted by molar-refractivity contribution is 9.10. The van der Waals surface area contributed by atoms with Crippen molar-refractivity contribution < 1.29 is 14.1 Å². The minimum atomic E-state index is -0.556. The zero-order valence-electron chi connectivity index (χ0n) is 17.8. The highest BCUT2D eigenvalue weighted by Crippen LogP contribution is 2.26. The van der Waals surface area contributed by atoms with Crippen molar-refractivity contribution in [1.29, 1.82) is 0 Å². The largest absolute Gasteiger partial charge is 0.481 e. The molecule has 0 fully saturated rings. The van der Waals surface area contributed by atoms with Crippen LogP contribution in [0.1, 0.15) is 43.2 Å². The van der Waals surface area contributed by atoms with Gasteiger partial charge in [0.1, 0.15) is 5.75 Å². The highest BCUT2D eigenvalue weighted by atomic mass is 79.9. The number of aromatic nitrogens is 2. The molecule has 162 valence electrons. The third-order valence-electron chi connectivity index (χ3n) is 5.54. The fraction of sp³-hybridized carbons (Fsp3) is 0.375. The van der Waals surface area contributed by atoms with Crippen LogP contribution in [0, 0.1) is 0 Å². The monoisotopic (exact) mass is 483 g/mol. The van der Waals surface area contributed by atoms with Gasteiger partial charge in [0, 0.05) is 17.1 Å². The molecule has 7 heteroatoms. The minimum Gasteiger partial charge on any atom is -0.481 e. The number of hydrogen-bond donors (Lipinski definition) is 0. The van der Waals surface area contributed by atoms with Gasteiger partial charge in [-0.1, -0.05) is 46.2 Å². The number of benzene rings is 2. The van der Waals surface area contributed by atoms with Gasteiger partial charge >= 0.3 is 0 Å². The Kier molecular flexibility index (Phi) is 6.70. The van der Waals surface area contributed by atoms with E-state index in [2.05, 4.69) is 38.2 Å². The molecule has 0 saturated heterocycles. The molecule has 0 radical (unpaired) electrons. The molecular formula is C24H26BrN3O3. The van der Waals surface area contributed by atoms with Gasteiger partial charge in [-0.2, -0.15) is 4.98 Å². The lowest BCUT2D eigenvalue weighted by atomic mass is 9.92. The fourth-order valence-electron chi connectivity index (χ4n) is 3.85. The zero-order valence-corrected chi connectivity index (χ0v) is 19.4. The lowest BCUT2D eigenvalue weighted by Gasteiger charge is -2.24. The van der Waals surface area contributed by atoms with E-state index in [1.54, 1.807) is 11.9 Å². The molecule has 2 aromatic carbocycles. The third-order valence-corrected chi connectivity index (χ3v) is 6.04. The first kappa shape index (κ1) is 21.6. The van der Waals surface area contributed by atoms with Crippen molar-refractivity contribution in [3.8, 4) is 17.1 Å². The molecule has 0 N–H and O–H groups in total. The Bertz CT molecular complexity index is 1070. The second kappa shape index (κ2) is 9.64. The van der Waals surface area contributed by atoms with E-state index in [4.69, 9.17) is 9.26 Å². The van der Waals surface area contributed by atoms with Crippen LogP contribution in [-0.4, -0.2) is 34.1 Å². The van der Waals surface area contributed by atoms with Crippen LogP contribution in [-0.2, 0) is 24.2 Å². The van der Waals surface area contributed by atoms with Gasteiger partial charge < -0.3 is 14.2 Å². The third kappa shape index (κ3) is 5.15. The SMILES string of the molecule is CCC(Oc1ccc2c(c1)CCCC2)C(=O)N(C)Cc1nc(-c2cccc(Br)c2)no1. The Morgan fingerprint density at radius 3 is 2.77 bits per heavy atom. The molecule has 1 aromatic heterocycles. The average Bonchev–Trinajstić information content (AvgIpc) is 3.25. The average molecular weight is 484 g/mol. The van der Waals surface area contributed by atoms with Crippen LogP contribution < -0.4 is 4.74 Å². The molecule has 0 saturated carbocycles. The smallest absolute Gasteiger partial charge is 0.263 e. The molecular weight excluding hydrogens is 458 g/mol. The zero-order chi connectivity index (χ0) is 21.8. The molecule has 1 unspecified atom stereocenters. The molecule has 4 rings (SSSR count). The molecule has 0 bridgehead atoms. The number of hydrogen-bond acceptors (Lipinski definition) is 5. The number of carbonyl (C=O) groups excluding carboxylic acids is 1. The van der Waals surface area contributed by atoms with E-state index in [-0.39, 0.29) is 12.5 Å². The van der Waals surface area contributed by atoms with E-state index < -0.39 is 6.10 Å². The van der Waals surface area contributed by atoms with Crippen molar-refractivity contribution in [2.24, 2.45) is 0 Å². The van der Waals surface area contributed by atoms with Gasteiger partial charge in [-0.3, -0.25) is 4.79 Å². The maximum atomic E-state index is 13.0. The summed E-state index contributed by atoms with van der Waals surface area (Å²) in [5, 5.41) is 4.04. The molecule has 1 heterocycles. The summed E-state index contributed by atoms with van der Waals surface area (Å²) in [5.74, 6) is 1.52. The summed E-state index contributed by atoms with van der Waals surface area (Å²) in [7, 11) is 1.73. The first-order chi connectivity index (χ1) is 15.0. The normalized spacial score (nSPS) is 14.0. The summed E-state index contributed by atoms with van der Waals surface area (Å²) in [5.41, 5.74) is 3.58. The number of likely N-dealkylation sites (N-methyl/N-ethyl adjacent to an activating group) is 1. The maximum Gasteiger partial charge on any atom is 0.263 e. The van der Waals surface area contributed by atoms with E-state index in [0.29, 0.717) is 18.1 Å². The second-order valence-electron chi connectivity index (χ2n) is 7.87. The van der Waals surface area contributed by atoms with Crippen LogP contribution in [0.2, 0.25) is 0 Å². The minimum absolute atomic E-state index is 0.109. The molecule has 1 aliphatic carbocycles. The summed E-state index contributed by atoms with van der Waals surface area (Å²) in [6, 6.07) is 13.9. The number of amides is 1. The number of carbonyl (C=O) groups is 1. The van der Waals surface area contributed by atoms with Gasteiger partial charge in [0.25, 0.3) is 5.91 Å². The topological polar surface area (TPSA) is 68.5 Å². The first-order valence-electron chi connectivity index (χ1n) is 10.7. The number of fused-ring (bicyclic) bond motifs is 1. The Balaban J connectivity index is 1.41. The van der Waals surface area contributed by atoms with Crippen molar-refractivity contribution in [2.45, 2.75) is 51.7 Å². The first-order valence-corrected chi connectivity index (χ1v) is 11.4. The lowest BCUT2D eigenvalue weighted by Crippen LogP contribution is -2.39. The molecule has 0 aliphatic heterocycles. The number of nitrogens with zero attached hydrogens (tertiary/aromatic N) is 3. The van der Waals surface area contributed by atoms with Crippen LogP contribution in [0.3, 0.4) is 0 Å². The van der Waals surface area contributed by atoms with Crippen molar-refractivity contribution in [1.82, 2.24) is 15.0 Å². The van der Waals surface area contributed by atoms with Crippen molar-refractivity contribution in [2.75, 3.05) is 7.05 Å². The molecule has 3 aromatic rings. The molecule has 6 nitrogen and oxygen atoms in total.